The molecule has 6 rings (SSSR count). The second kappa shape index (κ2) is 29.7. The molecule has 0 saturated carbocycles. The smallest absolute Gasteiger partial charge is 0.507 e. The number of halogens is 3. The molecule has 0 bridgehead atoms. The van der Waals surface area contributed by atoms with Crippen molar-refractivity contribution in [2.45, 2.75) is 130 Å². The summed E-state index contributed by atoms with van der Waals surface area (Å²) in [6.45, 7) is 28.4. The van der Waals surface area contributed by atoms with Crippen LogP contribution in [0.25, 0.3) is 0 Å². The topological polar surface area (TPSA) is 84.8 Å². The largest absolute Gasteiger partial charge is 1.00 e. The summed E-state index contributed by atoms with van der Waals surface area (Å²) < 4.78 is 56.1. The van der Waals surface area contributed by atoms with E-state index in [4.69, 9.17) is 39.3 Å². The minimum absolute atomic E-state index is 0. The maximum Gasteiger partial charge on any atom is 1.00 e. The minimum atomic E-state index is -1.00. The maximum atomic E-state index is 9.96. The van der Waals surface area contributed by atoms with Crippen LogP contribution in [-0.2, 0) is 23.4 Å². The Balaban J connectivity index is 0. The number of methoxy groups -OCH3 is 2. The molecule has 58 heavy (non-hydrogen) atoms. The van der Waals surface area contributed by atoms with Crippen molar-refractivity contribution in [3.8, 4) is 17.2 Å². The standard InChI is InChI=1S/C13H19BO3.C9H19BO2.C7H7BrO.C6H5BrO.C4H8O.C4H9.CH3F.Li/c1-12(2)13(3,4)17-14(16-12)10-8-6-7-9-11(10)15-5;1-7(2)10-11-8(3,4)9(5,6)12-10;1-9-7-5-3-2-4-6(7)8;7-5-3-1-2-4-6(5)8;1-2-4-5-3-1;1-3-4-2;1-2;/h6-9H,1-5H3;7H,1-6H3;2-5H,1H3;1-4,8H;1-4H2;1,3-4H2,2H3;1H3;/q;;;;;-1;;+1/i;;;;;;1D;. The summed E-state index contributed by atoms with van der Waals surface area (Å²) in [4.78, 5) is 0. The van der Waals surface area contributed by atoms with Crippen LogP contribution in [-0.4, -0.2) is 76.3 Å². The molecule has 1 N–H and O–H groups in total. The fraction of sp³-hybridized carbons (Fsp3) is 0.568. The molecule has 14 heteroatoms. The van der Waals surface area contributed by atoms with E-state index in [1.807, 2.05) is 82.3 Å². The van der Waals surface area contributed by atoms with E-state index >= 15 is 0 Å². The third kappa shape index (κ3) is 20.4. The van der Waals surface area contributed by atoms with Crippen LogP contribution in [0.3, 0.4) is 0 Å². The second-order valence-electron chi connectivity index (χ2n) is 15.5. The molecule has 3 fully saturated rings. The SMILES string of the molecule is C1CCOC1.CC(C)B1OC(C)(C)C(C)(C)O1.COc1ccccc1B1OC(C)(C)C(C)(C)O1.COc1ccccc1Br.Oc1ccccc1Br.[2H]CF.[CH2-]CCC.[Li+]. The molecular weight excluding hydrogens is 864 g/mol. The van der Waals surface area contributed by atoms with Gasteiger partial charge in [-0.2, -0.15) is 6.42 Å². The summed E-state index contributed by atoms with van der Waals surface area (Å²) in [5, 5.41) is 8.87. The number of benzene rings is 3. The molecule has 3 saturated heterocycles. The Hall–Kier alpha value is -1.52. The first-order chi connectivity index (χ1) is 27.1. The maximum absolute atomic E-state index is 9.96. The molecule has 3 aromatic rings. The third-order valence-electron chi connectivity index (χ3n) is 9.55. The number of ether oxygens (including phenoxy) is 3. The molecule has 0 aliphatic carbocycles. The first-order valence-electron chi connectivity index (χ1n) is 20.1. The Morgan fingerprint density at radius 1 is 0.741 bits per heavy atom. The van der Waals surface area contributed by atoms with Gasteiger partial charge in [-0.1, -0.05) is 69.7 Å². The van der Waals surface area contributed by atoms with Crippen molar-refractivity contribution in [1.82, 2.24) is 0 Å². The van der Waals surface area contributed by atoms with E-state index < -0.39 is 7.15 Å². The Morgan fingerprint density at radius 3 is 1.41 bits per heavy atom. The Labute approximate surface area is 382 Å². The zero-order valence-corrected chi connectivity index (χ0v) is 40.9. The molecule has 322 valence electrons. The first-order valence-corrected chi connectivity index (χ1v) is 21.0. The normalized spacial score (nSPS) is 17.4. The van der Waals surface area contributed by atoms with Gasteiger partial charge in [0.1, 0.15) is 17.2 Å². The predicted molar refractivity (Wildman–Crippen MR) is 244 cm³/mol. The number of rotatable bonds is 5. The van der Waals surface area contributed by atoms with Crippen molar-refractivity contribution in [1.29, 1.82) is 0 Å². The molecule has 3 aliphatic rings. The van der Waals surface area contributed by atoms with Crippen LogP contribution in [0.4, 0.5) is 4.39 Å². The van der Waals surface area contributed by atoms with E-state index in [1.54, 1.807) is 32.4 Å². The minimum Gasteiger partial charge on any atom is -0.507 e. The summed E-state index contributed by atoms with van der Waals surface area (Å²) in [6, 6.07) is 22.6. The van der Waals surface area contributed by atoms with Gasteiger partial charge in [-0.15, -0.1) is 0 Å². The van der Waals surface area contributed by atoms with Gasteiger partial charge in [0.05, 0.1) is 54.1 Å². The van der Waals surface area contributed by atoms with Gasteiger partial charge in [0.2, 0.25) is 0 Å². The average Bonchev–Trinajstić information content (AvgIpc) is 3.88. The van der Waals surface area contributed by atoms with E-state index in [9.17, 15) is 4.39 Å². The fourth-order valence-corrected chi connectivity index (χ4v) is 5.30. The van der Waals surface area contributed by atoms with Crippen molar-refractivity contribution < 1.29 is 62.6 Å². The summed E-state index contributed by atoms with van der Waals surface area (Å²) in [5.74, 6) is 2.38. The number of hydrogen-bond acceptors (Lipinski definition) is 8. The zero-order valence-electron chi connectivity index (χ0n) is 38.8. The van der Waals surface area contributed by atoms with Crippen molar-refractivity contribution in [2.24, 2.45) is 0 Å². The Morgan fingerprint density at radius 2 is 1.12 bits per heavy atom. The molecule has 3 aliphatic heterocycles. The van der Waals surface area contributed by atoms with Gasteiger partial charge in [-0.3, -0.25) is 4.39 Å². The Bertz CT molecular complexity index is 1470. The molecule has 3 heterocycles. The molecule has 0 amide bonds. The Kier molecular flexibility index (Phi) is 28.9. The summed E-state index contributed by atoms with van der Waals surface area (Å²) in [6.07, 6.45) is 4.83. The van der Waals surface area contributed by atoms with Crippen LogP contribution >= 0.6 is 31.9 Å². The van der Waals surface area contributed by atoms with Gasteiger partial charge in [-0.05, 0) is 136 Å². The van der Waals surface area contributed by atoms with E-state index in [-0.39, 0.29) is 61.3 Å². The summed E-state index contributed by atoms with van der Waals surface area (Å²) >= 11 is 6.48. The van der Waals surface area contributed by atoms with Gasteiger partial charge in [0, 0.05) is 18.7 Å². The third-order valence-corrected chi connectivity index (χ3v) is 10.9. The van der Waals surface area contributed by atoms with Gasteiger partial charge in [0.15, 0.2) is 0 Å². The number of hydrogen-bond donors (Lipinski definition) is 1. The van der Waals surface area contributed by atoms with E-state index in [2.05, 4.69) is 87.2 Å². The molecule has 8 nitrogen and oxygen atoms in total. The van der Waals surface area contributed by atoms with Gasteiger partial charge in [-0.25, -0.2) is 0 Å². The van der Waals surface area contributed by atoms with Gasteiger partial charge in [0.25, 0.3) is 0 Å². The van der Waals surface area contributed by atoms with Crippen molar-refractivity contribution in [3.63, 3.8) is 0 Å². The summed E-state index contributed by atoms with van der Waals surface area (Å²) in [5.41, 5.74) is -0.0605. The van der Waals surface area contributed by atoms with E-state index in [0.717, 1.165) is 45.5 Å². The van der Waals surface area contributed by atoms with E-state index in [1.165, 1.54) is 19.3 Å². The molecule has 0 radical (unpaired) electrons. The number of alkyl halides is 1. The van der Waals surface area contributed by atoms with Crippen LogP contribution in [0.5, 0.6) is 17.2 Å². The molecular formula is C44H70B2Br2FLiO8. The molecule has 0 atom stereocenters. The van der Waals surface area contributed by atoms with Crippen LogP contribution in [0.15, 0.2) is 81.7 Å². The number of para-hydroxylation sites is 3. The quantitative estimate of drug-likeness (QED) is 0.201. The number of phenols is 1. The molecule has 0 aromatic heterocycles. The molecule has 3 aromatic carbocycles. The predicted octanol–water partition coefficient (Wildman–Crippen LogP) is 9.10. The van der Waals surface area contributed by atoms with Crippen LogP contribution < -0.4 is 33.8 Å². The molecule has 0 unspecified atom stereocenters. The zero-order chi connectivity index (χ0) is 44.6. The van der Waals surface area contributed by atoms with Crippen LogP contribution in [0, 0.1) is 6.92 Å². The number of aromatic hydroxyl groups is 1. The van der Waals surface area contributed by atoms with E-state index in [0.29, 0.717) is 5.82 Å². The van der Waals surface area contributed by atoms with Crippen molar-refractivity contribution in [2.75, 3.05) is 34.6 Å². The van der Waals surface area contributed by atoms with Gasteiger partial charge >= 0.3 is 33.1 Å². The number of unbranched alkanes of at least 4 members (excludes halogenated alkanes) is 1. The summed E-state index contributed by atoms with van der Waals surface area (Å²) in [7, 11) is 1.90. The number of phenolic OH excluding ortho intramolecular Hbond substituents is 1. The molecule has 0 spiro atoms. The van der Waals surface area contributed by atoms with Crippen LogP contribution in [0.2, 0.25) is 5.82 Å². The first kappa shape index (κ1) is 56.5. The van der Waals surface area contributed by atoms with Crippen LogP contribution in [0.1, 0.15) is 103 Å². The van der Waals surface area contributed by atoms with Crippen molar-refractivity contribution in [3.05, 3.63) is 88.7 Å². The monoisotopic (exact) mass is 933 g/mol. The van der Waals surface area contributed by atoms with Gasteiger partial charge < -0.3 is 44.9 Å². The second-order valence-corrected chi connectivity index (χ2v) is 17.2. The average molecular weight is 935 g/mol. The fourth-order valence-electron chi connectivity index (χ4n) is 4.56. The van der Waals surface area contributed by atoms with Crippen molar-refractivity contribution >= 4 is 51.6 Å².